The van der Waals surface area contributed by atoms with E-state index in [9.17, 15) is 31.1 Å². The van der Waals surface area contributed by atoms with E-state index < -0.39 is 41.7 Å². The van der Waals surface area contributed by atoms with Crippen LogP contribution in [0.3, 0.4) is 0 Å². The third-order valence-corrected chi connectivity index (χ3v) is 7.07. The molecule has 0 amide bonds. The summed E-state index contributed by atoms with van der Waals surface area (Å²) in [6, 6.07) is 9.08. The average Bonchev–Trinajstić information content (AvgIpc) is 2.81. The van der Waals surface area contributed by atoms with Crippen molar-refractivity contribution in [1.29, 1.82) is 0 Å². The summed E-state index contributed by atoms with van der Waals surface area (Å²) in [6.45, 7) is 5.09. The maximum Gasteiger partial charge on any atom is 0.416 e. The number of nitrogens with two attached hydrogens (primary N) is 1. The molecule has 1 aliphatic rings. The molecule has 4 nitrogen and oxygen atoms in total. The minimum atomic E-state index is -4.95. The molecule has 5 atom stereocenters. The van der Waals surface area contributed by atoms with Gasteiger partial charge in [0.25, 0.3) is 0 Å². The molecule has 0 saturated heterocycles. The fraction of sp³-hybridized carbons (Fsp3) is 0.519. The second kappa shape index (κ2) is 11.4. The first-order valence-electron chi connectivity index (χ1n) is 12.1. The van der Waals surface area contributed by atoms with Gasteiger partial charge >= 0.3 is 18.3 Å². The number of hydrogen-bond donors (Lipinski definition) is 1. The number of carbonyl (C=O) groups is 1. The first kappa shape index (κ1) is 29.0. The lowest BCUT2D eigenvalue weighted by Gasteiger charge is -2.44. The van der Waals surface area contributed by atoms with Crippen LogP contribution < -0.4 is 5.73 Å². The van der Waals surface area contributed by atoms with Gasteiger partial charge in [-0.3, -0.25) is 4.79 Å². The SMILES string of the molecule is CC(=O)OC[C@H]1CC[C@H](O[C@H](C)c2cc(C(F)(F)F)cc(C(F)(F)F)c2)[C@@H](c2ccccc2C)[C@@H]1CN. The molecule has 37 heavy (non-hydrogen) atoms. The number of esters is 1. The Morgan fingerprint density at radius 1 is 1.03 bits per heavy atom. The van der Waals surface area contributed by atoms with E-state index in [4.69, 9.17) is 15.2 Å². The summed E-state index contributed by atoms with van der Waals surface area (Å²) in [5.74, 6) is -0.964. The summed E-state index contributed by atoms with van der Waals surface area (Å²) in [5, 5.41) is 0. The van der Waals surface area contributed by atoms with E-state index in [2.05, 4.69) is 0 Å². The van der Waals surface area contributed by atoms with E-state index in [0.717, 1.165) is 11.1 Å². The van der Waals surface area contributed by atoms with Gasteiger partial charge in [0.1, 0.15) is 0 Å². The highest BCUT2D eigenvalue weighted by Crippen LogP contribution is 2.46. The molecular weight excluding hydrogens is 500 g/mol. The standard InChI is InChI=1S/C27H31F6NO3/c1-15-6-4-5-7-22(15)25-23(13-34)18(14-36-17(3)35)8-9-24(25)37-16(2)19-10-20(26(28,29)30)12-21(11-19)27(31,32)33/h4-7,10-12,16,18,23-25H,8-9,13-14,34H2,1-3H3/t16-,18-,23-,24+,25+/m1/s1. The van der Waals surface area contributed by atoms with Crippen LogP contribution in [0.4, 0.5) is 26.3 Å². The van der Waals surface area contributed by atoms with Crippen molar-refractivity contribution in [3.63, 3.8) is 0 Å². The van der Waals surface area contributed by atoms with E-state index in [1.807, 2.05) is 31.2 Å². The van der Waals surface area contributed by atoms with E-state index in [1.165, 1.54) is 13.8 Å². The van der Waals surface area contributed by atoms with Gasteiger partial charge in [-0.25, -0.2) is 0 Å². The Balaban J connectivity index is 1.98. The van der Waals surface area contributed by atoms with Gasteiger partial charge in [0.15, 0.2) is 0 Å². The highest BCUT2D eigenvalue weighted by molar-refractivity contribution is 5.65. The van der Waals surface area contributed by atoms with Crippen molar-refractivity contribution in [2.75, 3.05) is 13.2 Å². The largest absolute Gasteiger partial charge is 0.466 e. The topological polar surface area (TPSA) is 61.5 Å². The first-order chi connectivity index (χ1) is 17.2. The van der Waals surface area contributed by atoms with Gasteiger partial charge < -0.3 is 15.2 Å². The van der Waals surface area contributed by atoms with Crippen LogP contribution in [0.2, 0.25) is 0 Å². The Bertz CT molecular complexity index is 1050. The van der Waals surface area contributed by atoms with E-state index in [1.54, 1.807) is 0 Å². The second-order valence-electron chi connectivity index (χ2n) is 9.58. The molecule has 3 rings (SSSR count). The molecule has 10 heteroatoms. The molecule has 1 saturated carbocycles. The van der Waals surface area contributed by atoms with Crippen molar-refractivity contribution in [1.82, 2.24) is 0 Å². The number of carbonyl (C=O) groups excluding carboxylic acids is 1. The summed E-state index contributed by atoms with van der Waals surface area (Å²) in [5.41, 5.74) is 5.09. The molecular formula is C27H31F6NO3. The smallest absolute Gasteiger partial charge is 0.416 e. The van der Waals surface area contributed by atoms with Crippen LogP contribution in [0.1, 0.15) is 66.5 Å². The van der Waals surface area contributed by atoms with Crippen LogP contribution in [0.25, 0.3) is 0 Å². The maximum atomic E-state index is 13.4. The van der Waals surface area contributed by atoms with Crippen molar-refractivity contribution in [3.8, 4) is 0 Å². The lowest BCUT2D eigenvalue weighted by molar-refractivity contribution is -0.144. The Kier molecular flexibility index (Phi) is 8.95. The highest BCUT2D eigenvalue weighted by atomic mass is 19.4. The van der Waals surface area contributed by atoms with Crippen molar-refractivity contribution in [3.05, 3.63) is 70.3 Å². The fourth-order valence-electron chi connectivity index (χ4n) is 5.21. The monoisotopic (exact) mass is 531 g/mol. The molecule has 1 aliphatic carbocycles. The summed E-state index contributed by atoms with van der Waals surface area (Å²) in [6.07, 6.45) is -10.4. The van der Waals surface area contributed by atoms with E-state index in [-0.39, 0.29) is 42.5 Å². The van der Waals surface area contributed by atoms with Gasteiger partial charge in [0.2, 0.25) is 0 Å². The van der Waals surface area contributed by atoms with E-state index >= 15 is 0 Å². The van der Waals surface area contributed by atoms with Crippen molar-refractivity contribution >= 4 is 5.97 Å². The third kappa shape index (κ3) is 7.04. The minimum Gasteiger partial charge on any atom is -0.466 e. The Hall–Kier alpha value is -2.59. The predicted molar refractivity (Wildman–Crippen MR) is 126 cm³/mol. The molecule has 0 heterocycles. The van der Waals surface area contributed by atoms with Gasteiger partial charge in [-0.05, 0) is 80.0 Å². The van der Waals surface area contributed by atoms with Crippen LogP contribution in [0.15, 0.2) is 42.5 Å². The number of alkyl halides is 6. The second-order valence-corrected chi connectivity index (χ2v) is 9.58. The first-order valence-corrected chi connectivity index (χ1v) is 12.1. The van der Waals surface area contributed by atoms with Crippen LogP contribution in [-0.4, -0.2) is 25.2 Å². The fourth-order valence-corrected chi connectivity index (χ4v) is 5.21. The van der Waals surface area contributed by atoms with Gasteiger partial charge in [0, 0.05) is 12.8 Å². The number of benzene rings is 2. The quantitative estimate of drug-likeness (QED) is 0.315. The summed E-state index contributed by atoms with van der Waals surface area (Å²) in [4.78, 5) is 11.4. The number of rotatable bonds is 7. The van der Waals surface area contributed by atoms with Crippen LogP contribution in [0.5, 0.6) is 0 Å². The van der Waals surface area contributed by atoms with Crippen molar-refractivity contribution < 1.29 is 40.6 Å². The molecule has 1 fully saturated rings. The minimum absolute atomic E-state index is 0.0703. The number of hydrogen-bond acceptors (Lipinski definition) is 4. The van der Waals surface area contributed by atoms with Gasteiger partial charge in [0.05, 0.1) is 29.9 Å². The Labute approximate surface area is 212 Å². The Morgan fingerprint density at radius 2 is 1.62 bits per heavy atom. The zero-order valence-corrected chi connectivity index (χ0v) is 20.8. The number of aryl methyl sites for hydroxylation is 1. The van der Waals surface area contributed by atoms with Gasteiger partial charge in [-0.1, -0.05) is 24.3 Å². The molecule has 2 aromatic rings. The average molecular weight is 532 g/mol. The molecule has 2 aromatic carbocycles. The highest BCUT2D eigenvalue weighted by Gasteiger charge is 2.42. The van der Waals surface area contributed by atoms with Crippen LogP contribution >= 0.6 is 0 Å². The Morgan fingerprint density at radius 3 is 2.14 bits per heavy atom. The lowest BCUT2D eigenvalue weighted by atomic mass is 9.67. The van der Waals surface area contributed by atoms with Crippen molar-refractivity contribution in [2.24, 2.45) is 17.6 Å². The molecule has 0 aromatic heterocycles. The van der Waals surface area contributed by atoms with Crippen LogP contribution in [-0.2, 0) is 26.6 Å². The molecule has 0 unspecified atom stereocenters. The number of ether oxygens (including phenoxy) is 2. The molecule has 204 valence electrons. The number of halogens is 6. The van der Waals surface area contributed by atoms with E-state index in [0.29, 0.717) is 25.0 Å². The zero-order chi connectivity index (χ0) is 27.5. The summed E-state index contributed by atoms with van der Waals surface area (Å²) >= 11 is 0. The van der Waals surface area contributed by atoms with Gasteiger partial charge in [-0.15, -0.1) is 0 Å². The summed E-state index contributed by atoms with van der Waals surface area (Å²) < 4.78 is 91.9. The molecule has 0 radical (unpaired) electrons. The normalized spacial score (nSPS) is 23.5. The maximum absolute atomic E-state index is 13.4. The molecule has 0 bridgehead atoms. The van der Waals surface area contributed by atoms with Gasteiger partial charge in [-0.2, -0.15) is 26.3 Å². The zero-order valence-electron chi connectivity index (χ0n) is 20.8. The third-order valence-electron chi connectivity index (χ3n) is 7.07. The van der Waals surface area contributed by atoms with Crippen LogP contribution in [0, 0.1) is 18.8 Å². The predicted octanol–water partition coefficient (Wildman–Crippen LogP) is 6.81. The molecule has 0 spiro atoms. The molecule has 2 N–H and O–H groups in total. The van der Waals surface area contributed by atoms with Crippen molar-refractivity contribution in [2.45, 2.75) is 64.1 Å². The molecule has 0 aliphatic heterocycles. The summed E-state index contributed by atoms with van der Waals surface area (Å²) in [7, 11) is 0. The lowest BCUT2D eigenvalue weighted by Crippen LogP contribution is -2.43.